The first-order chi connectivity index (χ1) is 11.5. The molecule has 0 heterocycles. The number of anilines is 1. The van der Waals surface area contributed by atoms with Crippen molar-refractivity contribution in [2.24, 2.45) is 0 Å². The molecule has 4 nitrogen and oxygen atoms in total. The third-order valence-corrected chi connectivity index (χ3v) is 3.33. The molecule has 0 fully saturated rings. The molecule has 0 saturated carbocycles. The summed E-state index contributed by atoms with van der Waals surface area (Å²) in [5.74, 6) is -1.43. The Kier molecular flexibility index (Phi) is 6.26. The van der Waals surface area contributed by atoms with Crippen molar-refractivity contribution in [2.45, 2.75) is 20.0 Å². The molecule has 0 aliphatic heterocycles. The molecule has 0 radical (unpaired) electrons. The summed E-state index contributed by atoms with van der Waals surface area (Å²) < 4.78 is 37.3. The molecule has 128 valence electrons. The smallest absolute Gasteiger partial charge is 0.255 e. The normalized spacial score (nSPS) is 10.5. The third kappa shape index (κ3) is 4.52. The van der Waals surface area contributed by atoms with E-state index in [4.69, 9.17) is 9.47 Å². The molecule has 2 aromatic carbocycles. The van der Waals surface area contributed by atoms with Crippen molar-refractivity contribution < 1.29 is 23.0 Å². The minimum atomic E-state index is -0.830. The lowest BCUT2D eigenvalue weighted by Gasteiger charge is -2.12. The average molecular weight is 335 g/mol. The van der Waals surface area contributed by atoms with Crippen LogP contribution in [0, 0.1) is 11.6 Å². The zero-order valence-corrected chi connectivity index (χ0v) is 13.6. The second-order valence-corrected chi connectivity index (χ2v) is 5.16. The van der Waals surface area contributed by atoms with E-state index in [-0.39, 0.29) is 5.69 Å². The van der Waals surface area contributed by atoms with Gasteiger partial charge >= 0.3 is 0 Å². The van der Waals surface area contributed by atoms with Gasteiger partial charge in [0.05, 0.1) is 19.4 Å². The van der Waals surface area contributed by atoms with E-state index in [0.717, 1.165) is 18.1 Å². The fraction of sp³-hybridized carbons (Fsp3) is 0.278. The molecule has 1 amide bonds. The number of amides is 1. The highest BCUT2D eigenvalue weighted by molar-refractivity contribution is 6.04. The Morgan fingerprint density at radius 1 is 1.17 bits per heavy atom. The Labute approximate surface area is 139 Å². The van der Waals surface area contributed by atoms with Gasteiger partial charge in [-0.15, -0.1) is 0 Å². The number of carbonyl (C=O) groups is 1. The van der Waals surface area contributed by atoms with Crippen molar-refractivity contribution in [1.29, 1.82) is 0 Å². The van der Waals surface area contributed by atoms with E-state index in [1.807, 2.05) is 6.92 Å². The van der Waals surface area contributed by atoms with E-state index in [1.165, 1.54) is 13.2 Å². The highest BCUT2D eigenvalue weighted by atomic mass is 19.1. The minimum Gasteiger partial charge on any atom is -0.496 e. The van der Waals surface area contributed by atoms with Crippen LogP contribution >= 0.6 is 0 Å². The second kappa shape index (κ2) is 8.40. The molecule has 0 spiro atoms. The van der Waals surface area contributed by atoms with Gasteiger partial charge in [-0.1, -0.05) is 6.92 Å². The Hall–Kier alpha value is -2.47. The summed E-state index contributed by atoms with van der Waals surface area (Å²) in [5.41, 5.74) is 0.966. The van der Waals surface area contributed by atoms with Crippen LogP contribution in [0.3, 0.4) is 0 Å². The largest absolute Gasteiger partial charge is 0.496 e. The highest BCUT2D eigenvalue weighted by Crippen LogP contribution is 2.22. The molecular weight excluding hydrogens is 316 g/mol. The molecule has 6 heteroatoms. The number of methoxy groups -OCH3 is 1. The van der Waals surface area contributed by atoms with Gasteiger partial charge in [0, 0.05) is 23.8 Å². The molecule has 24 heavy (non-hydrogen) atoms. The van der Waals surface area contributed by atoms with Crippen molar-refractivity contribution in [2.75, 3.05) is 19.0 Å². The molecule has 2 aromatic rings. The maximum absolute atomic E-state index is 13.6. The predicted molar refractivity (Wildman–Crippen MR) is 87.3 cm³/mol. The zero-order chi connectivity index (χ0) is 17.5. The molecule has 0 aromatic heterocycles. The van der Waals surface area contributed by atoms with Crippen LogP contribution in [-0.4, -0.2) is 19.6 Å². The number of halogens is 2. The number of nitrogens with one attached hydrogen (secondary N) is 1. The van der Waals surface area contributed by atoms with E-state index in [1.54, 1.807) is 18.2 Å². The summed E-state index contributed by atoms with van der Waals surface area (Å²) in [6.07, 6.45) is 0.881. The first-order valence-corrected chi connectivity index (χ1v) is 7.56. The van der Waals surface area contributed by atoms with Crippen LogP contribution in [0.15, 0.2) is 36.4 Å². The van der Waals surface area contributed by atoms with Gasteiger partial charge in [-0.05, 0) is 36.8 Å². The van der Waals surface area contributed by atoms with E-state index in [9.17, 15) is 13.6 Å². The molecule has 1 N–H and O–H groups in total. The van der Waals surface area contributed by atoms with Crippen molar-refractivity contribution in [3.8, 4) is 5.75 Å². The van der Waals surface area contributed by atoms with Gasteiger partial charge in [0.2, 0.25) is 0 Å². The first kappa shape index (κ1) is 17.9. The van der Waals surface area contributed by atoms with Crippen LogP contribution in [0.5, 0.6) is 5.75 Å². The van der Waals surface area contributed by atoms with Crippen LogP contribution in [0.4, 0.5) is 14.5 Å². The molecule has 0 unspecified atom stereocenters. The lowest BCUT2D eigenvalue weighted by Crippen LogP contribution is -2.14. The van der Waals surface area contributed by atoms with Gasteiger partial charge < -0.3 is 14.8 Å². The topological polar surface area (TPSA) is 47.6 Å². The molecule has 0 aliphatic rings. The first-order valence-electron chi connectivity index (χ1n) is 7.56. The number of hydrogen-bond acceptors (Lipinski definition) is 3. The second-order valence-electron chi connectivity index (χ2n) is 5.16. The Morgan fingerprint density at radius 2 is 1.96 bits per heavy atom. The van der Waals surface area contributed by atoms with Crippen molar-refractivity contribution in [3.63, 3.8) is 0 Å². The quantitative estimate of drug-likeness (QED) is 0.773. The van der Waals surface area contributed by atoms with Crippen LogP contribution in [-0.2, 0) is 11.3 Å². The Morgan fingerprint density at radius 3 is 2.62 bits per heavy atom. The standard InChI is InChI=1S/C18H19F2NO3/c1-3-8-24-11-13-9-12(4-7-17(13)23-2)18(22)21-16-6-5-14(19)10-15(16)20/h4-7,9-10H,3,8,11H2,1-2H3,(H,21,22). The summed E-state index contributed by atoms with van der Waals surface area (Å²) in [7, 11) is 1.53. The van der Waals surface area contributed by atoms with Crippen molar-refractivity contribution >= 4 is 11.6 Å². The molecular formula is C18H19F2NO3. The molecule has 0 bridgehead atoms. The Bertz CT molecular complexity index is 719. The van der Waals surface area contributed by atoms with Gasteiger partial charge in [0.25, 0.3) is 5.91 Å². The third-order valence-electron chi connectivity index (χ3n) is 3.33. The molecule has 2 rings (SSSR count). The minimum absolute atomic E-state index is 0.0824. The lowest BCUT2D eigenvalue weighted by atomic mass is 10.1. The number of hydrogen-bond donors (Lipinski definition) is 1. The van der Waals surface area contributed by atoms with E-state index < -0.39 is 17.5 Å². The fourth-order valence-corrected chi connectivity index (χ4v) is 2.14. The van der Waals surface area contributed by atoms with Gasteiger partial charge in [-0.2, -0.15) is 0 Å². The Balaban J connectivity index is 2.17. The summed E-state index contributed by atoms with van der Waals surface area (Å²) in [6, 6.07) is 7.83. The lowest BCUT2D eigenvalue weighted by molar-refractivity contribution is 0.102. The van der Waals surface area contributed by atoms with Gasteiger partial charge in [-0.25, -0.2) is 8.78 Å². The number of carbonyl (C=O) groups excluding carboxylic acids is 1. The SMILES string of the molecule is CCCOCc1cc(C(=O)Nc2ccc(F)cc2F)ccc1OC. The number of benzene rings is 2. The predicted octanol–water partition coefficient (Wildman–Crippen LogP) is 4.15. The summed E-state index contributed by atoms with van der Waals surface area (Å²) in [4.78, 5) is 12.3. The van der Waals surface area contributed by atoms with E-state index >= 15 is 0 Å². The van der Waals surface area contributed by atoms with Gasteiger partial charge in [0.15, 0.2) is 0 Å². The van der Waals surface area contributed by atoms with Crippen LogP contribution in [0.25, 0.3) is 0 Å². The van der Waals surface area contributed by atoms with E-state index in [2.05, 4.69) is 5.32 Å². The van der Waals surface area contributed by atoms with Crippen LogP contribution < -0.4 is 10.1 Å². The summed E-state index contributed by atoms with van der Waals surface area (Å²) in [5, 5.41) is 2.42. The molecule has 0 saturated heterocycles. The van der Waals surface area contributed by atoms with E-state index in [0.29, 0.717) is 30.6 Å². The zero-order valence-electron chi connectivity index (χ0n) is 13.6. The fourth-order valence-electron chi connectivity index (χ4n) is 2.14. The summed E-state index contributed by atoms with van der Waals surface area (Å²) in [6.45, 7) is 2.90. The monoisotopic (exact) mass is 335 g/mol. The highest BCUT2D eigenvalue weighted by Gasteiger charge is 2.13. The van der Waals surface area contributed by atoms with Crippen molar-refractivity contribution in [3.05, 3.63) is 59.2 Å². The summed E-state index contributed by atoms with van der Waals surface area (Å²) >= 11 is 0. The van der Waals surface area contributed by atoms with Crippen LogP contribution in [0.1, 0.15) is 29.3 Å². The van der Waals surface area contributed by atoms with Gasteiger partial charge in [-0.3, -0.25) is 4.79 Å². The van der Waals surface area contributed by atoms with Crippen molar-refractivity contribution in [1.82, 2.24) is 0 Å². The maximum Gasteiger partial charge on any atom is 0.255 e. The van der Waals surface area contributed by atoms with Gasteiger partial charge in [0.1, 0.15) is 17.4 Å². The van der Waals surface area contributed by atoms with Crippen LogP contribution in [0.2, 0.25) is 0 Å². The average Bonchev–Trinajstić information content (AvgIpc) is 2.57. The molecule has 0 atom stereocenters. The number of rotatable bonds is 7. The maximum atomic E-state index is 13.6. The number of ether oxygens (including phenoxy) is 2. The molecule has 0 aliphatic carbocycles.